The molecule has 19 heavy (non-hydrogen) atoms. The third kappa shape index (κ3) is 3.94. The van der Waals surface area contributed by atoms with Crippen LogP contribution in [0.25, 0.3) is 0 Å². The van der Waals surface area contributed by atoms with Crippen LogP contribution >= 0.6 is 11.6 Å². The van der Waals surface area contributed by atoms with Gasteiger partial charge in [0.15, 0.2) is 0 Å². The lowest BCUT2D eigenvalue weighted by Gasteiger charge is -2.14. The van der Waals surface area contributed by atoms with Gasteiger partial charge in [-0.3, -0.25) is 4.98 Å². The van der Waals surface area contributed by atoms with E-state index in [2.05, 4.69) is 4.98 Å². The number of benzene rings is 1. The van der Waals surface area contributed by atoms with Gasteiger partial charge in [0.2, 0.25) is 0 Å². The molecule has 2 rings (SSSR count). The standard InChI is InChI=1S/C15H17ClN2O/c1-11(17)9-13-14(16)6-4-7-15(13)19-10-12-5-2-3-8-18-12/h2-8,11H,9-10,17H2,1H3. The number of rotatable bonds is 5. The number of pyridine rings is 1. The van der Waals surface area contributed by atoms with E-state index in [4.69, 9.17) is 22.1 Å². The van der Waals surface area contributed by atoms with Gasteiger partial charge in [-0.05, 0) is 37.6 Å². The largest absolute Gasteiger partial charge is 0.487 e. The van der Waals surface area contributed by atoms with Gasteiger partial charge in [-0.1, -0.05) is 23.7 Å². The van der Waals surface area contributed by atoms with E-state index in [1.54, 1.807) is 6.20 Å². The number of hydrogen-bond donors (Lipinski definition) is 1. The van der Waals surface area contributed by atoms with Crippen molar-refractivity contribution in [1.29, 1.82) is 0 Å². The normalized spacial score (nSPS) is 12.2. The van der Waals surface area contributed by atoms with Gasteiger partial charge in [0, 0.05) is 22.8 Å². The molecular formula is C15H17ClN2O. The highest BCUT2D eigenvalue weighted by Crippen LogP contribution is 2.28. The van der Waals surface area contributed by atoms with Crippen LogP contribution < -0.4 is 10.5 Å². The first-order chi connectivity index (χ1) is 9.16. The quantitative estimate of drug-likeness (QED) is 0.912. The zero-order chi connectivity index (χ0) is 13.7. The van der Waals surface area contributed by atoms with Crippen LogP contribution in [0.2, 0.25) is 5.02 Å². The first kappa shape index (κ1) is 13.8. The highest BCUT2D eigenvalue weighted by Gasteiger charge is 2.10. The van der Waals surface area contributed by atoms with Crippen LogP contribution in [-0.2, 0) is 13.0 Å². The molecule has 0 saturated heterocycles. The summed E-state index contributed by atoms with van der Waals surface area (Å²) in [5.41, 5.74) is 7.68. The van der Waals surface area contributed by atoms with Gasteiger partial charge in [-0.25, -0.2) is 0 Å². The van der Waals surface area contributed by atoms with E-state index in [0.717, 1.165) is 17.0 Å². The Labute approximate surface area is 118 Å². The SMILES string of the molecule is CC(N)Cc1c(Cl)cccc1OCc1ccccn1. The van der Waals surface area contributed by atoms with Crippen molar-refractivity contribution >= 4 is 11.6 Å². The van der Waals surface area contributed by atoms with Crippen LogP contribution in [0.15, 0.2) is 42.6 Å². The minimum Gasteiger partial charge on any atom is -0.487 e. The Balaban J connectivity index is 2.13. The fourth-order valence-corrected chi connectivity index (χ4v) is 2.07. The summed E-state index contributed by atoms with van der Waals surface area (Å²) < 4.78 is 5.80. The lowest BCUT2D eigenvalue weighted by molar-refractivity contribution is 0.297. The Hall–Kier alpha value is -1.58. The van der Waals surface area contributed by atoms with Crippen LogP contribution in [0, 0.1) is 0 Å². The molecule has 1 aromatic carbocycles. The molecule has 1 heterocycles. The van der Waals surface area contributed by atoms with Gasteiger partial charge < -0.3 is 10.5 Å². The molecule has 0 aliphatic rings. The summed E-state index contributed by atoms with van der Waals surface area (Å²) in [6.45, 7) is 2.37. The third-order valence-electron chi connectivity index (χ3n) is 2.70. The Morgan fingerprint density at radius 3 is 2.79 bits per heavy atom. The lowest BCUT2D eigenvalue weighted by Crippen LogP contribution is -2.18. The van der Waals surface area contributed by atoms with Crippen molar-refractivity contribution in [2.75, 3.05) is 0 Å². The molecule has 0 amide bonds. The number of aromatic nitrogens is 1. The van der Waals surface area contributed by atoms with Gasteiger partial charge in [0.25, 0.3) is 0 Å². The van der Waals surface area contributed by atoms with E-state index in [0.29, 0.717) is 18.1 Å². The summed E-state index contributed by atoms with van der Waals surface area (Å²) in [6.07, 6.45) is 2.44. The molecule has 0 fully saturated rings. The molecule has 1 aromatic heterocycles. The van der Waals surface area contributed by atoms with Crippen LogP contribution in [-0.4, -0.2) is 11.0 Å². The summed E-state index contributed by atoms with van der Waals surface area (Å²) in [7, 11) is 0. The molecular weight excluding hydrogens is 260 g/mol. The van der Waals surface area contributed by atoms with Crippen molar-refractivity contribution in [3.8, 4) is 5.75 Å². The zero-order valence-corrected chi connectivity index (χ0v) is 11.6. The van der Waals surface area contributed by atoms with Crippen LogP contribution in [0.1, 0.15) is 18.2 Å². The van der Waals surface area contributed by atoms with Crippen LogP contribution in [0.3, 0.4) is 0 Å². The Bertz CT molecular complexity index is 529. The number of ether oxygens (including phenoxy) is 1. The van der Waals surface area contributed by atoms with Crippen LogP contribution in [0.4, 0.5) is 0 Å². The summed E-state index contributed by atoms with van der Waals surface area (Å²) in [5.74, 6) is 0.774. The molecule has 0 aliphatic carbocycles. The number of nitrogens with two attached hydrogens (primary N) is 1. The smallest absolute Gasteiger partial charge is 0.130 e. The molecule has 0 spiro atoms. The van der Waals surface area contributed by atoms with Crippen molar-refractivity contribution in [1.82, 2.24) is 4.98 Å². The number of hydrogen-bond acceptors (Lipinski definition) is 3. The zero-order valence-electron chi connectivity index (χ0n) is 10.8. The second kappa shape index (κ2) is 6.55. The predicted octanol–water partition coefficient (Wildman–Crippen LogP) is 3.20. The molecule has 1 atom stereocenters. The Kier molecular flexibility index (Phi) is 4.77. The number of halogens is 1. The predicted molar refractivity (Wildman–Crippen MR) is 77.4 cm³/mol. The topological polar surface area (TPSA) is 48.1 Å². The molecule has 0 radical (unpaired) electrons. The van der Waals surface area contributed by atoms with Crippen molar-refractivity contribution < 1.29 is 4.74 Å². The molecule has 0 bridgehead atoms. The van der Waals surface area contributed by atoms with Crippen molar-refractivity contribution in [3.63, 3.8) is 0 Å². The average molecular weight is 277 g/mol. The fraction of sp³-hybridized carbons (Fsp3) is 0.267. The summed E-state index contributed by atoms with van der Waals surface area (Å²) in [6, 6.07) is 11.4. The molecule has 0 saturated carbocycles. The minimum atomic E-state index is 0.0390. The summed E-state index contributed by atoms with van der Waals surface area (Å²) in [4.78, 5) is 4.22. The lowest BCUT2D eigenvalue weighted by atomic mass is 10.1. The summed E-state index contributed by atoms with van der Waals surface area (Å²) in [5, 5.41) is 0.691. The molecule has 4 heteroatoms. The maximum absolute atomic E-state index is 6.20. The van der Waals surface area contributed by atoms with E-state index in [-0.39, 0.29) is 6.04 Å². The van der Waals surface area contributed by atoms with E-state index in [1.807, 2.05) is 43.3 Å². The monoisotopic (exact) mass is 276 g/mol. The second-order valence-corrected chi connectivity index (χ2v) is 4.91. The Morgan fingerprint density at radius 1 is 1.26 bits per heavy atom. The third-order valence-corrected chi connectivity index (χ3v) is 3.06. The van der Waals surface area contributed by atoms with E-state index in [1.165, 1.54) is 0 Å². The van der Waals surface area contributed by atoms with Gasteiger partial charge in [0.05, 0.1) is 5.69 Å². The molecule has 2 N–H and O–H groups in total. The molecule has 100 valence electrons. The van der Waals surface area contributed by atoms with Crippen molar-refractivity contribution in [2.24, 2.45) is 5.73 Å². The highest BCUT2D eigenvalue weighted by molar-refractivity contribution is 6.31. The maximum atomic E-state index is 6.20. The highest BCUT2D eigenvalue weighted by atomic mass is 35.5. The van der Waals surface area contributed by atoms with E-state index < -0.39 is 0 Å². The fourth-order valence-electron chi connectivity index (χ4n) is 1.83. The average Bonchev–Trinajstić information content (AvgIpc) is 2.40. The summed E-state index contributed by atoms with van der Waals surface area (Å²) >= 11 is 6.20. The maximum Gasteiger partial charge on any atom is 0.130 e. The first-order valence-corrected chi connectivity index (χ1v) is 6.60. The van der Waals surface area contributed by atoms with Crippen LogP contribution in [0.5, 0.6) is 5.75 Å². The molecule has 1 unspecified atom stereocenters. The van der Waals surface area contributed by atoms with Crippen molar-refractivity contribution in [2.45, 2.75) is 26.0 Å². The van der Waals surface area contributed by atoms with Gasteiger partial charge in [0.1, 0.15) is 12.4 Å². The molecule has 2 aromatic rings. The van der Waals surface area contributed by atoms with Crippen molar-refractivity contribution in [3.05, 3.63) is 58.9 Å². The molecule has 0 aliphatic heterocycles. The van der Waals surface area contributed by atoms with E-state index >= 15 is 0 Å². The van der Waals surface area contributed by atoms with E-state index in [9.17, 15) is 0 Å². The first-order valence-electron chi connectivity index (χ1n) is 6.22. The molecule has 3 nitrogen and oxygen atoms in total. The Morgan fingerprint density at radius 2 is 2.11 bits per heavy atom. The number of nitrogens with zero attached hydrogens (tertiary/aromatic N) is 1. The van der Waals surface area contributed by atoms with Gasteiger partial charge >= 0.3 is 0 Å². The van der Waals surface area contributed by atoms with Gasteiger partial charge in [-0.15, -0.1) is 0 Å². The minimum absolute atomic E-state index is 0.0390. The second-order valence-electron chi connectivity index (χ2n) is 4.51. The van der Waals surface area contributed by atoms with Gasteiger partial charge in [-0.2, -0.15) is 0 Å².